The third-order valence-corrected chi connectivity index (χ3v) is 12.0. The number of Topliss-reactive ketones (excluding diaryl/α,β-unsaturated/α-hetero) is 2. The van der Waals surface area contributed by atoms with Crippen molar-refractivity contribution in [3.63, 3.8) is 0 Å². The van der Waals surface area contributed by atoms with Gasteiger partial charge in [0.25, 0.3) is 5.91 Å². The molecular formula is C41H57F2N5O8. The van der Waals surface area contributed by atoms with Crippen LogP contribution in [0.3, 0.4) is 0 Å². The van der Waals surface area contributed by atoms with E-state index in [9.17, 15) is 42.3 Å². The summed E-state index contributed by atoms with van der Waals surface area (Å²) < 4.78 is 33.8. The minimum Gasteiger partial charge on any atom is -0.444 e. The Labute approximate surface area is 327 Å². The molecule has 7 atom stereocenters. The highest BCUT2D eigenvalue weighted by molar-refractivity contribution is 6.38. The van der Waals surface area contributed by atoms with Crippen molar-refractivity contribution in [1.29, 1.82) is 0 Å². The van der Waals surface area contributed by atoms with E-state index in [1.165, 1.54) is 4.90 Å². The van der Waals surface area contributed by atoms with Crippen molar-refractivity contribution in [3.05, 3.63) is 35.9 Å². The van der Waals surface area contributed by atoms with Crippen molar-refractivity contribution in [1.82, 2.24) is 26.2 Å². The number of carbonyl (C=O) groups excluding carboxylic acids is 7. The van der Waals surface area contributed by atoms with Crippen LogP contribution in [0.5, 0.6) is 0 Å². The van der Waals surface area contributed by atoms with E-state index in [-0.39, 0.29) is 42.4 Å². The Morgan fingerprint density at radius 2 is 1.54 bits per heavy atom. The predicted molar refractivity (Wildman–Crippen MR) is 201 cm³/mol. The standard InChI is InChI=1S/C41H57F2N5O8/c1-39(2,3)56-38(55)47-31(24-15-17-41(42,43)18-16-24)33(50)25-20-26-30(40(26,4)5)29(25)35(52)45-27(19-22-13-14-22)34(51)36(53)44-21-28(49)46-32(37(54)48(6)7)23-11-9-8-10-12-23/h8-12,22,24-27,29-32H,13-21H2,1-7H3,(H,44,53)(H,45,52)(H,46,49)(H,47,55)/t25?,26-,27?,29-,30-,31-,32-/m0/s1. The second-order valence-corrected chi connectivity index (χ2v) is 18.0. The number of benzene rings is 1. The average molecular weight is 786 g/mol. The van der Waals surface area contributed by atoms with Gasteiger partial charge in [-0.25, -0.2) is 13.6 Å². The first-order valence-corrected chi connectivity index (χ1v) is 19.7. The smallest absolute Gasteiger partial charge is 0.408 e. The molecule has 13 nitrogen and oxygen atoms in total. The quantitative estimate of drug-likeness (QED) is 0.192. The number of alkyl halides is 2. The van der Waals surface area contributed by atoms with Crippen molar-refractivity contribution in [2.24, 2.45) is 40.9 Å². The lowest BCUT2D eigenvalue weighted by atomic mass is 9.74. The van der Waals surface area contributed by atoms with Gasteiger partial charge in [-0.3, -0.25) is 28.8 Å². The zero-order valence-corrected chi connectivity index (χ0v) is 33.4. The van der Waals surface area contributed by atoms with Gasteiger partial charge in [0.05, 0.1) is 24.5 Å². The van der Waals surface area contributed by atoms with E-state index in [0.717, 1.165) is 12.8 Å². The molecule has 308 valence electrons. The highest BCUT2D eigenvalue weighted by Crippen LogP contribution is 2.71. The van der Waals surface area contributed by atoms with Crippen LogP contribution in [0.1, 0.15) is 97.6 Å². The Kier molecular flexibility index (Phi) is 12.6. The number of alkyl carbamates (subject to hydrolysis) is 1. The molecule has 0 aromatic heterocycles. The molecule has 15 heteroatoms. The number of rotatable bonds is 15. The number of nitrogens with one attached hydrogen (secondary N) is 4. The monoisotopic (exact) mass is 785 g/mol. The van der Waals surface area contributed by atoms with E-state index in [2.05, 4.69) is 21.3 Å². The first-order chi connectivity index (χ1) is 26.1. The van der Waals surface area contributed by atoms with Crippen molar-refractivity contribution >= 4 is 41.3 Å². The summed E-state index contributed by atoms with van der Waals surface area (Å²) in [5, 5.41) is 10.4. The molecule has 4 N–H and O–H groups in total. The Morgan fingerprint density at radius 3 is 2.11 bits per heavy atom. The number of hydrogen-bond donors (Lipinski definition) is 4. The summed E-state index contributed by atoms with van der Waals surface area (Å²) in [6.45, 7) is 8.41. The lowest BCUT2D eigenvalue weighted by Gasteiger charge is -2.36. The molecule has 1 aromatic carbocycles. The van der Waals surface area contributed by atoms with Crippen LogP contribution in [0.2, 0.25) is 0 Å². The van der Waals surface area contributed by atoms with Crippen molar-refractivity contribution in [3.8, 4) is 0 Å². The van der Waals surface area contributed by atoms with E-state index in [1.54, 1.807) is 65.2 Å². The zero-order valence-electron chi connectivity index (χ0n) is 33.4. The van der Waals surface area contributed by atoms with Gasteiger partial charge in [0, 0.05) is 32.9 Å². The highest BCUT2D eigenvalue weighted by atomic mass is 19.3. The zero-order chi connectivity index (χ0) is 41.3. The Hall–Kier alpha value is -4.43. The van der Waals surface area contributed by atoms with Crippen LogP contribution in [0, 0.1) is 40.9 Å². The molecule has 56 heavy (non-hydrogen) atoms. The summed E-state index contributed by atoms with van der Waals surface area (Å²) in [5.74, 6) is -9.43. The van der Waals surface area contributed by atoms with Crippen LogP contribution in [0.15, 0.2) is 30.3 Å². The number of amides is 5. The van der Waals surface area contributed by atoms with E-state index in [0.29, 0.717) is 12.0 Å². The highest BCUT2D eigenvalue weighted by Gasteiger charge is 2.70. The predicted octanol–water partition coefficient (Wildman–Crippen LogP) is 4.10. The van der Waals surface area contributed by atoms with E-state index >= 15 is 0 Å². The second kappa shape index (κ2) is 16.6. The molecule has 0 heterocycles. The molecule has 5 amide bonds. The van der Waals surface area contributed by atoms with Gasteiger partial charge < -0.3 is 30.9 Å². The summed E-state index contributed by atoms with van der Waals surface area (Å²) >= 11 is 0. The minimum absolute atomic E-state index is 0.00329. The van der Waals surface area contributed by atoms with E-state index in [4.69, 9.17) is 4.74 Å². The molecule has 0 radical (unpaired) electrons. The average Bonchev–Trinajstić information content (AvgIpc) is 3.98. The molecular weight excluding hydrogens is 728 g/mol. The fraction of sp³-hybridized carbons (Fsp3) is 0.683. The molecule has 5 rings (SSSR count). The molecule has 1 aromatic rings. The fourth-order valence-corrected chi connectivity index (χ4v) is 8.74. The molecule has 0 saturated heterocycles. The van der Waals surface area contributed by atoms with Crippen molar-refractivity contribution in [2.75, 3.05) is 20.6 Å². The summed E-state index contributed by atoms with van der Waals surface area (Å²) in [5.41, 5.74) is -0.633. The van der Waals surface area contributed by atoms with E-state index in [1.807, 2.05) is 13.8 Å². The topological polar surface area (TPSA) is 180 Å². The number of ether oxygens (including phenoxy) is 1. The molecule has 2 unspecified atom stereocenters. The first kappa shape index (κ1) is 42.7. The second-order valence-electron chi connectivity index (χ2n) is 18.0. The number of carbonyl (C=O) groups is 7. The number of nitrogens with zero attached hydrogens (tertiary/aromatic N) is 1. The third-order valence-electron chi connectivity index (χ3n) is 12.0. The van der Waals surface area contributed by atoms with Crippen LogP contribution in [-0.2, 0) is 33.5 Å². The fourth-order valence-electron chi connectivity index (χ4n) is 8.74. The van der Waals surface area contributed by atoms with E-state index < -0.39 is 108 Å². The van der Waals surface area contributed by atoms with Gasteiger partial charge in [-0.2, -0.15) is 0 Å². The Morgan fingerprint density at radius 1 is 0.911 bits per heavy atom. The van der Waals surface area contributed by atoms with Gasteiger partial charge in [0.15, 0.2) is 5.78 Å². The number of halogens is 2. The van der Waals surface area contributed by atoms with Gasteiger partial charge in [-0.15, -0.1) is 0 Å². The lowest BCUT2D eigenvalue weighted by molar-refractivity contribution is -0.142. The number of ketones is 2. The number of likely N-dealkylation sites (N-methyl/N-ethyl adjacent to an activating group) is 1. The first-order valence-electron chi connectivity index (χ1n) is 19.7. The summed E-state index contributed by atoms with van der Waals surface area (Å²) in [7, 11) is 3.10. The van der Waals surface area contributed by atoms with Crippen LogP contribution in [-0.4, -0.2) is 90.4 Å². The largest absolute Gasteiger partial charge is 0.444 e. The lowest BCUT2D eigenvalue weighted by Crippen LogP contribution is -2.54. The van der Waals surface area contributed by atoms with Gasteiger partial charge in [0.2, 0.25) is 29.4 Å². The Balaban J connectivity index is 1.29. The van der Waals surface area contributed by atoms with Crippen LogP contribution < -0.4 is 21.3 Å². The van der Waals surface area contributed by atoms with Gasteiger partial charge in [0.1, 0.15) is 11.6 Å². The summed E-state index contributed by atoms with van der Waals surface area (Å²) in [4.78, 5) is 95.8. The SMILES string of the molecule is CN(C)C(=O)[C@@H](NC(=O)CNC(=O)C(=O)C(CC1CC1)NC(=O)[C@H]1C(C(=O)[C@@H](NC(=O)OC(C)(C)C)C2CCC(F)(F)CC2)C[C@H]2[C@@H]1C2(C)C)c1ccccc1. The van der Waals surface area contributed by atoms with Gasteiger partial charge in [-0.05, 0) is 81.1 Å². The van der Waals surface area contributed by atoms with Gasteiger partial charge in [-0.1, -0.05) is 57.0 Å². The minimum atomic E-state index is -2.87. The van der Waals surface area contributed by atoms with Gasteiger partial charge >= 0.3 is 6.09 Å². The third kappa shape index (κ3) is 10.3. The molecule has 4 fully saturated rings. The summed E-state index contributed by atoms with van der Waals surface area (Å²) in [6, 6.07) is 5.17. The van der Waals surface area contributed by atoms with Crippen molar-refractivity contribution in [2.45, 2.75) is 116 Å². The van der Waals surface area contributed by atoms with Crippen LogP contribution in [0.25, 0.3) is 0 Å². The maximum absolute atomic E-state index is 14.5. The molecule has 0 bridgehead atoms. The maximum Gasteiger partial charge on any atom is 0.408 e. The van der Waals surface area contributed by atoms with Crippen LogP contribution in [0.4, 0.5) is 13.6 Å². The molecule has 0 spiro atoms. The number of hydrogen-bond acceptors (Lipinski definition) is 8. The normalized spacial score (nSPS) is 25.3. The molecule has 4 aliphatic rings. The molecule has 4 saturated carbocycles. The van der Waals surface area contributed by atoms with Crippen LogP contribution >= 0.6 is 0 Å². The summed E-state index contributed by atoms with van der Waals surface area (Å²) in [6.07, 6.45) is 0.460. The Bertz CT molecular complexity index is 1680. The maximum atomic E-state index is 14.5. The molecule has 0 aliphatic heterocycles. The number of fused-ring (bicyclic) bond motifs is 1. The van der Waals surface area contributed by atoms with Crippen molar-refractivity contribution < 1.29 is 47.1 Å². The molecule has 4 aliphatic carbocycles.